The van der Waals surface area contributed by atoms with Gasteiger partial charge >= 0.3 is 0 Å². The monoisotopic (exact) mass is 291 g/mol. The zero-order chi connectivity index (χ0) is 10.0. The lowest BCUT2D eigenvalue weighted by molar-refractivity contribution is 0.765. The molecule has 0 aliphatic heterocycles. The van der Waals surface area contributed by atoms with Gasteiger partial charge in [0.25, 0.3) is 0 Å². The van der Waals surface area contributed by atoms with Crippen LogP contribution in [0.2, 0.25) is 0 Å². The highest BCUT2D eigenvalue weighted by Gasteiger charge is 2.09. The van der Waals surface area contributed by atoms with E-state index in [9.17, 15) is 0 Å². The quantitative estimate of drug-likeness (QED) is 0.851. The van der Waals surface area contributed by atoms with Gasteiger partial charge in [-0.3, -0.25) is 0 Å². The van der Waals surface area contributed by atoms with Crippen molar-refractivity contribution in [1.82, 2.24) is 9.97 Å². The average molecular weight is 291 g/mol. The number of nitrogens with zero attached hydrogens (tertiary/aromatic N) is 2. The molecule has 0 radical (unpaired) electrons. The van der Waals surface area contributed by atoms with E-state index in [1.807, 2.05) is 14.0 Å². The van der Waals surface area contributed by atoms with Gasteiger partial charge in [0.15, 0.2) is 0 Å². The van der Waals surface area contributed by atoms with Crippen LogP contribution in [0.25, 0.3) is 0 Å². The maximum atomic E-state index is 4.42. The molecule has 0 unspecified atom stereocenters. The Morgan fingerprint density at radius 3 is 2.38 bits per heavy atom. The van der Waals surface area contributed by atoms with Crippen molar-refractivity contribution in [3.05, 3.63) is 15.1 Å². The van der Waals surface area contributed by atoms with Crippen LogP contribution in [0.1, 0.15) is 31.3 Å². The van der Waals surface area contributed by atoms with Gasteiger partial charge in [0, 0.05) is 13.0 Å². The Morgan fingerprint density at radius 1 is 1.31 bits per heavy atom. The van der Waals surface area contributed by atoms with Gasteiger partial charge in [-0.1, -0.05) is 13.8 Å². The fraction of sp³-hybridized carbons (Fsp3) is 0.556. The van der Waals surface area contributed by atoms with Gasteiger partial charge in [-0.05, 0) is 29.5 Å². The van der Waals surface area contributed by atoms with Gasteiger partial charge in [-0.2, -0.15) is 0 Å². The van der Waals surface area contributed by atoms with Crippen LogP contribution < -0.4 is 5.32 Å². The molecule has 0 bridgehead atoms. The summed E-state index contributed by atoms with van der Waals surface area (Å²) in [5.74, 6) is 2.21. The smallest absolute Gasteiger partial charge is 0.143 e. The summed E-state index contributed by atoms with van der Waals surface area (Å²) < 4.78 is 1.10. The highest BCUT2D eigenvalue weighted by molar-refractivity contribution is 14.1. The molecule has 3 nitrogen and oxygen atoms in total. The summed E-state index contributed by atoms with van der Waals surface area (Å²) >= 11 is 2.26. The van der Waals surface area contributed by atoms with E-state index in [0.29, 0.717) is 5.92 Å². The number of halogens is 1. The van der Waals surface area contributed by atoms with Gasteiger partial charge in [0.05, 0.1) is 9.26 Å². The summed E-state index contributed by atoms with van der Waals surface area (Å²) in [5.41, 5.74) is 1.05. The Hall–Kier alpha value is -0.390. The molecule has 13 heavy (non-hydrogen) atoms. The lowest BCUT2D eigenvalue weighted by atomic mass is 10.2. The third-order valence-electron chi connectivity index (χ3n) is 1.79. The average Bonchev–Trinajstić information content (AvgIpc) is 2.09. The fourth-order valence-corrected chi connectivity index (χ4v) is 1.52. The predicted molar refractivity (Wildman–Crippen MR) is 63.1 cm³/mol. The Morgan fingerprint density at radius 2 is 1.92 bits per heavy atom. The number of aryl methyl sites for hydroxylation is 1. The topological polar surface area (TPSA) is 37.8 Å². The first kappa shape index (κ1) is 10.7. The summed E-state index contributed by atoms with van der Waals surface area (Å²) in [4.78, 5) is 8.84. The number of aromatic nitrogens is 2. The summed E-state index contributed by atoms with van der Waals surface area (Å²) in [6.45, 7) is 6.21. The van der Waals surface area contributed by atoms with E-state index in [2.05, 4.69) is 51.7 Å². The minimum atomic E-state index is 0.378. The lowest BCUT2D eigenvalue weighted by Crippen LogP contribution is -2.06. The molecule has 72 valence electrons. The molecule has 1 aromatic rings. The first-order chi connectivity index (χ1) is 6.06. The molecular weight excluding hydrogens is 277 g/mol. The zero-order valence-corrected chi connectivity index (χ0v) is 10.5. The first-order valence-corrected chi connectivity index (χ1v) is 5.36. The van der Waals surface area contributed by atoms with Crippen LogP contribution in [-0.4, -0.2) is 17.0 Å². The molecule has 1 N–H and O–H groups in total. The van der Waals surface area contributed by atoms with Crippen LogP contribution >= 0.6 is 22.6 Å². The molecule has 0 atom stereocenters. The van der Waals surface area contributed by atoms with Crippen LogP contribution in [0.15, 0.2) is 0 Å². The van der Waals surface area contributed by atoms with Crippen LogP contribution in [0.5, 0.6) is 0 Å². The van der Waals surface area contributed by atoms with Gasteiger partial charge < -0.3 is 5.32 Å². The molecule has 1 heterocycles. The first-order valence-electron chi connectivity index (χ1n) is 4.28. The van der Waals surface area contributed by atoms with E-state index < -0.39 is 0 Å². The largest absolute Gasteiger partial charge is 0.372 e. The van der Waals surface area contributed by atoms with Crippen molar-refractivity contribution < 1.29 is 0 Å². The van der Waals surface area contributed by atoms with Crippen molar-refractivity contribution in [3.63, 3.8) is 0 Å². The minimum Gasteiger partial charge on any atom is -0.372 e. The molecule has 0 aromatic carbocycles. The third kappa shape index (κ3) is 2.30. The zero-order valence-electron chi connectivity index (χ0n) is 8.35. The van der Waals surface area contributed by atoms with Gasteiger partial charge in [0.1, 0.15) is 11.6 Å². The highest BCUT2D eigenvalue weighted by Crippen LogP contribution is 2.20. The molecule has 0 fully saturated rings. The van der Waals surface area contributed by atoms with Crippen molar-refractivity contribution in [2.75, 3.05) is 12.4 Å². The van der Waals surface area contributed by atoms with E-state index in [-0.39, 0.29) is 0 Å². The molecule has 0 saturated heterocycles. The maximum Gasteiger partial charge on any atom is 0.143 e. The molecule has 1 rings (SSSR count). The normalized spacial score (nSPS) is 10.6. The Balaban J connectivity index is 3.22. The van der Waals surface area contributed by atoms with Crippen LogP contribution in [0.3, 0.4) is 0 Å². The molecule has 0 spiro atoms. The summed E-state index contributed by atoms with van der Waals surface area (Å²) in [5, 5.41) is 3.07. The lowest BCUT2D eigenvalue weighted by Gasteiger charge is -2.10. The van der Waals surface area contributed by atoms with Gasteiger partial charge in [-0.25, -0.2) is 9.97 Å². The highest BCUT2D eigenvalue weighted by atomic mass is 127. The van der Waals surface area contributed by atoms with E-state index in [0.717, 1.165) is 20.9 Å². The summed E-state index contributed by atoms with van der Waals surface area (Å²) in [6.07, 6.45) is 0. The second-order valence-corrected chi connectivity index (χ2v) is 4.31. The Bertz CT molecular complexity index is 310. The number of anilines is 1. The van der Waals surface area contributed by atoms with Crippen molar-refractivity contribution in [2.45, 2.75) is 26.7 Å². The second-order valence-electron chi connectivity index (χ2n) is 3.23. The van der Waals surface area contributed by atoms with Crippen molar-refractivity contribution in [3.8, 4) is 0 Å². The second kappa shape index (κ2) is 4.21. The predicted octanol–water partition coefficient (Wildman–Crippen LogP) is 2.55. The number of hydrogen-bond acceptors (Lipinski definition) is 3. The fourth-order valence-electron chi connectivity index (χ4n) is 1.00. The standard InChI is InChI=1S/C9H14IN3/c1-5(2)8-12-6(3)7(10)9(11-4)13-8/h5H,1-4H3,(H,11,12,13). The molecular formula is C9H14IN3. The number of rotatable bonds is 2. The van der Waals surface area contributed by atoms with Crippen LogP contribution in [0, 0.1) is 10.5 Å². The van der Waals surface area contributed by atoms with Gasteiger partial charge in [-0.15, -0.1) is 0 Å². The van der Waals surface area contributed by atoms with E-state index in [1.165, 1.54) is 0 Å². The summed E-state index contributed by atoms with van der Waals surface area (Å²) in [7, 11) is 1.88. The molecule has 0 aliphatic carbocycles. The van der Waals surface area contributed by atoms with Crippen LogP contribution in [0.4, 0.5) is 5.82 Å². The molecule has 1 aromatic heterocycles. The molecule has 4 heteroatoms. The molecule has 0 aliphatic rings. The van der Waals surface area contributed by atoms with Crippen molar-refractivity contribution in [1.29, 1.82) is 0 Å². The third-order valence-corrected chi connectivity index (χ3v) is 3.08. The van der Waals surface area contributed by atoms with Crippen LogP contribution in [-0.2, 0) is 0 Å². The van der Waals surface area contributed by atoms with E-state index in [1.54, 1.807) is 0 Å². The molecule has 0 saturated carbocycles. The van der Waals surface area contributed by atoms with Crippen molar-refractivity contribution >= 4 is 28.4 Å². The van der Waals surface area contributed by atoms with E-state index >= 15 is 0 Å². The van der Waals surface area contributed by atoms with E-state index in [4.69, 9.17) is 0 Å². The minimum absolute atomic E-state index is 0.378. The van der Waals surface area contributed by atoms with Crippen molar-refractivity contribution in [2.24, 2.45) is 0 Å². The SMILES string of the molecule is CNc1nc(C(C)C)nc(C)c1I. The molecule has 0 amide bonds. The van der Waals surface area contributed by atoms with Gasteiger partial charge in [0.2, 0.25) is 0 Å². The number of hydrogen-bond donors (Lipinski definition) is 1. The Labute approximate surface area is 92.5 Å². The number of nitrogens with one attached hydrogen (secondary N) is 1. The maximum absolute atomic E-state index is 4.42. The summed E-state index contributed by atoms with van der Waals surface area (Å²) in [6, 6.07) is 0. The Kier molecular flexibility index (Phi) is 3.47.